The van der Waals surface area contributed by atoms with Gasteiger partial charge in [0, 0.05) is 0 Å². The second-order valence-corrected chi connectivity index (χ2v) is 7.42. The van der Waals surface area contributed by atoms with Crippen molar-refractivity contribution in [2.24, 2.45) is 5.92 Å². The molecular formula is C7H15FSi. The fourth-order valence-electron chi connectivity index (χ4n) is 1.36. The van der Waals surface area contributed by atoms with Gasteiger partial charge in [0.05, 0.1) is 0 Å². The molecule has 1 aliphatic rings. The quantitative estimate of drug-likeness (QED) is 0.364. The summed E-state index contributed by atoms with van der Waals surface area (Å²) in [5, 5.41) is 0. The molecular weight excluding hydrogens is 131 g/mol. The average molecular weight is 146 g/mol. The minimum atomic E-state index is -2.13. The van der Waals surface area contributed by atoms with Gasteiger partial charge in [0.25, 0.3) is 0 Å². The number of halogens is 1. The molecule has 1 rings (SSSR count). The van der Waals surface area contributed by atoms with Crippen molar-refractivity contribution in [2.45, 2.75) is 38.4 Å². The van der Waals surface area contributed by atoms with E-state index in [1.165, 1.54) is 0 Å². The van der Waals surface area contributed by atoms with E-state index in [-0.39, 0.29) is 0 Å². The van der Waals surface area contributed by atoms with Crippen molar-refractivity contribution in [3.8, 4) is 0 Å². The molecule has 0 spiro atoms. The maximum absolute atomic E-state index is 13.2. The zero-order valence-electron chi connectivity index (χ0n) is 6.28. The summed E-state index contributed by atoms with van der Waals surface area (Å²) in [5.74, 6) is 0.793. The van der Waals surface area contributed by atoms with Gasteiger partial charge in [0.2, 0.25) is 8.41 Å². The average Bonchev–Trinajstić information content (AvgIpc) is 1.78. The topological polar surface area (TPSA) is 0 Å². The highest BCUT2D eigenvalue weighted by Gasteiger charge is 2.32. The first-order chi connectivity index (χ1) is 4.10. The summed E-state index contributed by atoms with van der Waals surface area (Å²) in [7, 11) is -2.13. The zero-order chi connectivity index (χ0) is 6.91. The van der Waals surface area contributed by atoms with Gasteiger partial charge in [-0.3, -0.25) is 0 Å². The Hall–Kier alpha value is 0.147. The van der Waals surface area contributed by atoms with E-state index in [9.17, 15) is 4.11 Å². The molecule has 0 nitrogen and oxygen atoms in total. The van der Waals surface area contributed by atoms with Crippen LogP contribution in [0.5, 0.6) is 0 Å². The molecule has 1 heterocycles. The molecule has 0 bridgehead atoms. The predicted octanol–water partition coefficient (Wildman–Crippen LogP) is 2.96. The zero-order valence-corrected chi connectivity index (χ0v) is 7.28. The van der Waals surface area contributed by atoms with Crippen LogP contribution in [0.3, 0.4) is 0 Å². The lowest BCUT2D eigenvalue weighted by molar-refractivity contribution is 0.490. The van der Waals surface area contributed by atoms with Crippen molar-refractivity contribution in [2.75, 3.05) is 0 Å². The Morgan fingerprint density at radius 2 is 1.78 bits per heavy atom. The molecule has 2 heteroatoms. The van der Waals surface area contributed by atoms with Gasteiger partial charge in [-0.05, 0) is 24.6 Å². The Bertz CT molecular complexity index is 91.1. The Morgan fingerprint density at radius 3 is 2.11 bits per heavy atom. The van der Waals surface area contributed by atoms with E-state index >= 15 is 0 Å². The van der Waals surface area contributed by atoms with Crippen LogP contribution in [-0.2, 0) is 0 Å². The highest BCUT2D eigenvalue weighted by molar-refractivity contribution is 6.72. The molecule has 1 aliphatic heterocycles. The van der Waals surface area contributed by atoms with Crippen LogP contribution in [0.1, 0.15) is 19.8 Å². The maximum atomic E-state index is 13.2. The summed E-state index contributed by atoms with van der Waals surface area (Å²) in [6.45, 7) is 4.09. The number of hydrogen-bond acceptors (Lipinski definition) is 0. The van der Waals surface area contributed by atoms with Crippen LogP contribution in [0, 0.1) is 5.92 Å². The molecule has 0 aromatic rings. The number of hydrogen-bond donors (Lipinski definition) is 0. The van der Waals surface area contributed by atoms with E-state index in [0.717, 1.165) is 30.8 Å². The molecule has 0 atom stereocenters. The van der Waals surface area contributed by atoms with E-state index < -0.39 is 8.41 Å². The van der Waals surface area contributed by atoms with Gasteiger partial charge in [-0.2, -0.15) is 0 Å². The summed E-state index contributed by atoms with van der Waals surface area (Å²) in [6, 6.07) is 1.82. The number of rotatable bonds is 0. The van der Waals surface area contributed by atoms with E-state index in [1.54, 1.807) is 0 Å². The van der Waals surface area contributed by atoms with Gasteiger partial charge in [0.15, 0.2) is 0 Å². The van der Waals surface area contributed by atoms with E-state index in [4.69, 9.17) is 0 Å². The van der Waals surface area contributed by atoms with Crippen molar-refractivity contribution in [1.82, 2.24) is 0 Å². The molecule has 0 aromatic carbocycles. The summed E-state index contributed by atoms with van der Waals surface area (Å²) in [6.07, 6.45) is 2.28. The molecule has 54 valence electrons. The summed E-state index contributed by atoms with van der Waals surface area (Å²) >= 11 is 0. The van der Waals surface area contributed by atoms with Gasteiger partial charge >= 0.3 is 0 Å². The molecule has 0 unspecified atom stereocenters. The summed E-state index contributed by atoms with van der Waals surface area (Å²) in [5.41, 5.74) is 0. The minimum Gasteiger partial charge on any atom is -0.314 e. The van der Waals surface area contributed by atoms with Gasteiger partial charge in [0.1, 0.15) is 0 Å². The van der Waals surface area contributed by atoms with Crippen LogP contribution < -0.4 is 0 Å². The smallest absolute Gasteiger partial charge is 0.244 e. The molecule has 0 aliphatic carbocycles. The standard InChI is InChI=1S/C7H15FSi/c1-7-3-5-9(2,8)6-4-7/h7H,3-6H2,1-2H3. The lowest BCUT2D eigenvalue weighted by Crippen LogP contribution is -2.28. The molecule has 0 N–H and O–H groups in total. The lowest BCUT2D eigenvalue weighted by atomic mass is 10.1. The molecule has 1 fully saturated rings. The second-order valence-electron chi connectivity index (χ2n) is 3.60. The van der Waals surface area contributed by atoms with Gasteiger partial charge < -0.3 is 4.11 Å². The molecule has 0 amide bonds. The van der Waals surface area contributed by atoms with Gasteiger partial charge in [-0.15, -0.1) is 0 Å². The SMILES string of the molecule is CC1CC[Si](C)(F)CC1. The molecule has 1 saturated heterocycles. The Labute approximate surface area is 57.6 Å². The van der Waals surface area contributed by atoms with Crippen molar-refractivity contribution in [1.29, 1.82) is 0 Å². The van der Waals surface area contributed by atoms with Crippen LogP contribution in [0.25, 0.3) is 0 Å². The Balaban J connectivity index is 2.35. The molecule has 0 aromatic heterocycles. The third-order valence-corrected chi connectivity index (χ3v) is 4.98. The summed E-state index contributed by atoms with van der Waals surface area (Å²) < 4.78 is 13.2. The van der Waals surface area contributed by atoms with E-state index in [1.807, 2.05) is 6.55 Å². The van der Waals surface area contributed by atoms with Crippen molar-refractivity contribution in [3.63, 3.8) is 0 Å². The molecule has 9 heavy (non-hydrogen) atoms. The van der Waals surface area contributed by atoms with Gasteiger partial charge in [-0.1, -0.05) is 19.8 Å². The van der Waals surface area contributed by atoms with Crippen LogP contribution in [-0.4, -0.2) is 8.41 Å². The summed E-state index contributed by atoms with van der Waals surface area (Å²) in [4.78, 5) is 0. The van der Waals surface area contributed by atoms with Crippen LogP contribution in [0.4, 0.5) is 4.11 Å². The largest absolute Gasteiger partial charge is 0.314 e. The molecule has 0 radical (unpaired) electrons. The van der Waals surface area contributed by atoms with Gasteiger partial charge in [-0.25, -0.2) is 0 Å². The second kappa shape index (κ2) is 2.41. The minimum absolute atomic E-state index is 0.793. The van der Waals surface area contributed by atoms with Crippen molar-refractivity contribution < 1.29 is 4.11 Å². The first-order valence-electron chi connectivity index (χ1n) is 3.79. The van der Waals surface area contributed by atoms with Crippen LogP contribution in [0.2, 0.25) is 18.6 Å². The van der Waals surface area contributed by atoms with Crippen LogP contribution >= 0.6 is 0 Å². The van der Waals surface area contributed by atoms with Crippen molar-refractivity contribution >= 4 is 8.41 Å². The van der Waals surface area contributed by atoms with E-state index in [2.05, 4.69) is 6.92 Å². The third-order valence-electron chi connectivity index (χ3n) is 2.32. The fraction of sp³-hybridized carbons (Fsp3) is 1.00. The normalized spacial score (nSPS) is 45.0. The highest BCUT2D eigenvalue weighted by Crippen LogP contribution is 2.32. The van der Waals surface area contributed by atoms with Crippen molar-refractivity contribution in [3.05, 3.63) is 0 Å². The molecule has 0 saturated carbocycles. The highest BCUT2D eigenvalue weighted by atomic mass is 28.4. The Kier molecular flexibility index (Phi) is 1.94. The monoisotopic (exact) mass is 146 g/mol. The first-order valence-corrected chi connectivity index (χ1v) is 6.58. The third kappa shape index (κ3) is 2.09. The van der Waals surface area contributed by atoms with Crippen LogP contribution in [0.15, 0.2) is 0 Å². The lowest BCUT2D eigenvalue weighted by Gasteiger charge is -2.26. The maximum Gasteiger partial charge on any atom is 0.244 e. The van der Waals surface area contributed by atoms with E-state index in [0.29, 0.717) is 0 Å². The predicted molar refractivity (Wildman–Crippen MR) is 40.7 cm³/mol. The fourth-order valence-corrected chi connectivity index (χ4v) is 3.80. The first kappa shape index (κ1) is 7.26. The Morgan fingerprint density at radius 1 is 1.33 bits per heavy atom.